The van der Waals surface area contributed by atoms with Crippen LogP contribution in [0.5, 0.6) is 0 Å². The van der Waals surface area contributed by atoms with Gasteiger partial charge in [0.05, 0.1) is 0 Å². The van der Waals surface area contributed by atoms with Gasteiger partial charge >= 0.3 is 0 Å². The second kappa shape index (κ2) is 6.62. The second-order valence-corrected chi connectivity index (χ2v) is 3.04. The zero-order valence-corrected chi connectivity index (χ0v) is 7.93. The van der Waals surface area contributed by atoms with Crippen LogP contribution in [0.2, 0.25) is 0 Å². The molecule has 68 valence electrons. The molecule has 0 aromatic carbocycles. The van der Waals surface area contributed by atoms with Crippen molar-refractivity contribution in [2.45, 2.75) is 39.7 Å². The van der Waals surface area contributed by atoms with Gasteiger partial charge in [0.1, 0.15) is 0 Å². The first-order valence-electron chi connectivity index (χ1n) is 4.60. The Morgan fingerprint density at radius 2 is 1.91 bits per heavy atom. The summed E-state index contributed by atoms with van der Waals surface area (Å²) in [6.45, 7) is 7.55. The van der Waals surface area contributed by atoms with Crippen molar-refractivity contribution >= 4 is 0 Å². The Morgan fingerprint density at radius 3 is 2.00 bits per heavy atom. The van der Waals surface area contributed by atoms with E-state index in [0.29, 0.717) is 0 Å². The molecule has 0 amide bonds. The van der Waals surface area contributed by atoms with Crippen molar-refractivity contribution in [1.82, 2.24) is 5.32 Å². The van der Waals surface area contributed by atoms with Crippen molar-refractivity contribution in [3.63, 3.8) is 0 Å². The number of hydrogen-bond acceptors (Lipinski definition) is 2. The lowest BCUT2D eigenvalue weighted by Gasteiger charge is -2.34. The zero-order valence-electron chi connectivity index (χ0n) is 7.93. The highest BCUT2D eigenvalue weighted by atomic mass is 16.2. The molecular weight excluding hydrogens is 138 g/mol. The fourth-order valence-electron chi connectivity index (χ4n) is 1.23. The van der Waals surface area contributed by atoms with Crippen LogP contribution in [0.3, 0.4) is 0 Å². The van der Waals surface area contributed by atoms with Crippen LogP contribution in [0, 0.1) is 5.92 Å². The Balaban J connectivity index is 0.000000292. The van der Waals surface area contributed by atoms with E-state index in [4.69, 9.17) is 5.11 Å². The van der Waals surface area contributed by atoms with Gasteiger partial charge in [-0.2, -0.15) is 0 Å². The number of aliphatic hydroxyl groups excluding tert-OH is 1. The smallest absolute Gasteiger partial charge is 0.0402 e. The molecule has 2 N–H and O–H groups in total. The highest BCUT2D eigenvalue weighted by Crippen LogP contribution is 2.25. The summed E-state index contributed by atoms with van der Waals surface area (Å²) in [6, 6.07) is 0.847. The van der Waals surface area contributed by atoms with Crippen LogP contribution in [0.4, 0.5) is 0 Å². The number of nitrogens with one attached hydrogen (secondary N) is 1. The van der Waals surface area contributed by atoms with Gasteiger partial charge in [-0.25, -0.2) is 0 Å². The lowest BCUT2D eigenvalue weighted by Crippen LogP contribution is -2.42. The molecule has 2 atom stereocenters. The van der Waals surface area contributed by atoms with Crippen LogP contribution in [0.25, 0.3) is 0 Å². The van der Waals surface area contributed by atoms with Gasteiger partial charge in [-0.15, -0.1) is 0 Å². The highest BCUT2D eigenvalue weighted by Gasteiger charge is 2.24. The Morgan fingerprint density at radius 1 is 1.36 bits per heavy atom. The lowest BCUT2D eigenvalue weighted by atomic mass is 9.81. The Labute approximate surface area is 70.0 Å². The zero-order chi connectivity index (χ0) is 8.69. The lowest BCUT2D eigenvalue weighted by molar-refractivity contribution is 0.233. The summed E-state index contributed by atoms with van der Waals surface area (Å²) in [6.07, 6.45) is 2.83. The van der Waals surface area contributed by atoms with Crippen molar-refractivity contribution in [1.29, 1.82) is 0 Å². The summed E-state index contributed by atoms with van der Waals surface area (Å²) in [5.41, 5.74) is 0. The minimum atomic E-state index is 0.250. The highest BCUT2D eigenvalue weighted by molar-refractivity contribution is 4.82. The molecule has 0 bridgehead atoms. The minimum Gasteiger partial charge on any atom is -0.397 e. The maximum Gasteiger partial charge on any atom is 0.0402 e. The van der Waals surface area contributed by atoms with Gasteiger partial charge in [-0.1, -0.05) is 13.8 Å². The molecule has 0 aliphatic heterocycles. The van der Waals surface area contributed by atoms with E-state index in [0.717, 1.165) is 18.5 Å². The van der Waals surface area contributed by atoms with E-state index in [9.17, 15) is 0 Å². The molecule has 1 fully saturated rings. The molecule has 1 aliphatic rings. The van der Waals surface area contributed by atoms with Gasteiger partial charge in [-0.05, 0) is 32.2 Å². The van der Waals surface area contributed by atoms with Crippen LogP contribution in [0.1, 0.15) is 33.6 Å². The first-order chi connectivity index (χ1) is 5.26. The van der Waals surface area contributed by atoms with E-state index < -0.39 is 0 Å². The van der Waals surface area contributed by atoms with E-state index >= 15 is 0 Å². The molecule has 2 unspecified atom stereocenters. The maximum atomic E-state index is 7.57. The van der Waals surface area contributed by atoms with Gasteiger partial charge in [0.25, 0.3) is 0 Å². The molecule has 11 heavy (non-hydrogen) atoms. The topological polar surface area (TPSA) is 32.3 Å². The van der Waals surface area contributed by atoms with E-state index in [-0.39, 0.29) is 6.61 Å². The van der Waals surface area contributed by atoms with Crippen molar-refractivity contribution in [3.8, 4) is 0 Å². The molecule has 0 radical (unpaired) electrons. The average molecular weight is 159 g/mol. The fraction of sp³-hybridized carbons (Fsp3) is 1.00. The summed E-state index contributed by atoms with van der Waals surface area (Å²) in [7, 11) is 0. The predicted octanol–water partition coefficient (Wildman–Crippen LogP) is 1.39. The van der Waals surface area contributed by atoms with E-state index in [1.807, 2.05) is 0 Å². The van der Waals surface area contributed by atoms with Gasteiger partial charge in [0.2, 0.25) is 0 Å². The summed E-state index contributed by atoms with van der Waals surface area (Å²) in [5.74, 6) is 0.940. The van der Waals surface area contributed by atoms with Crippen LogP contribution in [-0.4, -0.2) is 24.3 Å². The molecule has 2 heteroatoms. The van der Waals surface area contributed by atoms with Gasteiger partial charge < -0.3 is 10.4 Å². The minimum absolute atomic E-state index is 0.250. The van der Waals surface area contributed by atoms with Crippen molar-refractivity contribution in [2.75, 3.05) is 13.2 Å². The summed E-state index contributed by atoms with van der Waals surface area (Å²) in [5, 5.41) is 11.0. The van der Waals surface area contributed by atoms with Crippen LogP contribution >= 0.6 is 0 Å². The molecule has 0 aromatic rings. The SMILES string of the molecule is CCNC1CCC1C.CCO. The maximum absolute atomic E-state index is 7.57. The van der Waals surface area contributed by atoms with Crippen LogP contribution in [0.15, 0.2) is 0 Å². The molecule has 1 aliphatic carbocycles. The number of aliphatic hydroxyl groups is 1. The second-order valence-electron chi connectivity index (χ2n) is 3.04. The summed E-state index contributed by atoms with van der Waals surface area (Å²) < 4.78 is 0. The van der Waals surface area contributed by atoms with Crippen molar-refractivity contribution in [3.05, 3.63) is 0 Å². The van der Waals surface area contributed by atoms with Crippen LogP contribution in [-0.2, 0) is 0 Å². The summed E-state index contributed by atoms with van der Waals surface area (Å²) >= 11 is 0. The fourth-order valence-corrected chi connectivity index (χ4v) is 1.23. The third kappa shape index (κ3) is 4.38. The molecule has 1 saturated carbocycles. The van der Waals surface area contributed by atoms with E-state index in [1.165, 1.54) is 12.8 Å². The third-order valence-electron chi connectivity index (χ3n) is 2.09. The molecule has 0 heterocycles. The predicted molar refractivity (Wildman–Crippen MR) is 48.6 cm³/mol. The Kier molecular flexibility index (Phi) is 6.57. The van der Waals surface area contributed by atoms with Crippen molar-refractivity contribution in [2.24, 2.45) is 5.92 Å². The number of rotatable bonds is 2. The summed E-state index contributed by atoms with van der Waals surface area (Å²) in [4.78, 5) is 0. The first kappa shape index (κ1) is 10.9. The van der Waals surface area contributed by atoms with Gasteiger partial charge in [0, 0.05) is 12.6 Å². The molecule has 0 saturated heterocycles. The van der Waals surface area contributed by atoms with E-state index in [1.54, 1.807) is 6.92 Å². The Bertz CT molecular complexity index is 85.6. The van der Waals surface area contributed by atoms with Crippen LogP contribution < -0.4 is 5.32 Å². The molecular formula is C9H21NO. The largest absolute Gasteiger partial charge is 0.397 e. The molecule has 0 aromatic heterocycles. The Hall–Kier alpha value is -0.0800. The third-order valence-corrected chi connectivity index (χ3v) is 2.09. The monoisotopic (exact) mass is 159 g/mol. The van der Waals surface area contributed by atoms with E-state index in [2.05, 4.69) is 19.2 Å². The number of hydrogen-bond donors (Lipinski definition) is 2. The molecule has 0 spiro atoms. The van der Waals surface area contributed by atoms with Gasteiger partial charge in [0.15, 0.2) is 0 Å². The normalized spacial score (nSPS) is 28.4. The first-order valence-corrected chi connectivity index (χ1v) is 4.60. The standard InChI is InChI=1S/C7H15N.C2H6O/c1-3-8-7-5-4-6(7)2;1-2-3/h6-8H,3-5H2,1-2H3;3H,2H2,1H3. The van der Waals surface area contributed by atoms with Gasteiger partial charge in [-0.3, -0.25) is 0 Å². The molecule has 2 nitrogen and oxygen atoms in total. The average Bonchev–Trinajstić information content (AvgIpc) is 1.99. The van der Waals surface area contributed by atoms with Crippen molar-refractivity contribution < 1.29 is 5.11 Å². The molecule has 1 rings (SSSR count). The quantitative estimate of drug-likeness (QED) is 0.638.